The number of hydrogen-bond donors (Lipinski definition) is 0. The molecule has 3 aromatic rings. The molecule has 150 valence electrons. The van der Waals surface area contributed by atoms with Gasteiger partial charge in [0.25, 0.3) is 0 Å². The molecule has 0 nitrogen and oxygen atoms in total. The first-order valence-corrected chi connectivity index (χ1v) is 16.4. The van der Waals surface area contributed by atoms with Crippen molar-refractivity contribution in [2.45, 2.75) is 59.8 Å². The van der Waals surface area contributed by atoms with Gasteiger partial charge in [-0.15, -0.1) is 34.5 Å². The van der Waals surface area contributed by atoms with Gasteiger partial charge in [0.15, 0.2) is 0 Å². The van der Waals surface area contributed by atoms with Crippen LogP contribution in [0.3, 0.4) is 0 Å². The van der Waals surface area contributed by atoms with Crippen LogP contribution in [-0.2, 0) is 27.3 Å². The van der Waals surface area contributed by atoms with Crippen LogP contribution in [0.1, 0.15) is 70.1 Å². The van der Waals surface area contributed by atoms with Crippen LogP contribution < -0.4 is 0 Å². The van der Waals surface area contributed by atoms with Crippen LogP contribution in [0.15, 0.2) is 48.5 Å². The normalized spacial score (nSPS) is 11.2. The van der Waals surface area contributed by atoms with E-state index in [4.69, 9.17) is 17.0 Å². The summed E-state index contributed by atoms with van der Waals surface area (Å²) in [4.78, 5) is 0. The van der Waals surface area contributed by atoms with E-state index in [1.807, 2.05) is 0 Å². The van der Waals surface area contributed by atoms with E-state index >= 15 is 0 Å². The van der Waals surface area contributed by atoms with Gasteiger partial charge in [0.05, 0.1) is 0 Å². The van der Waals surface area contributed by atoms with E-state index in [0.717, 1.165) is 6.42 Å². The molecule has 0 aliphatic heterocycles. The summed E-state index contributed by atoms with van der Waals surface area (Å²) in [5.74, 6) is 1.73. The molecule has 3 aromatic carbocycles. The average Bonchev–Trinajstić information content (AvgIpc) is 3.02. The molecule has 0 spiro atoms. The third kappa shape index (κ3) is 5.78. The molecule has 3 rings (SSSR count). The van der Waals surface area contributed by atoms with Crippen LogP contribution >= 0.6 is 17.0 Å². The van der Waals surface area contributed by atoms with Gasteiger partial charge in [0, 0.05) is 0 Å². The van der Waals surface area contributed by atoms with Gasteiger partial charge in [-0.2, -0.15) is 6.07 Å². The first kappa shape index (κ1) is 23.8. The maximum absolute atomic E-state index is 4.93. The van der Waals surface area contributed by atoms with Crippen molar-refractivity contribution in [3.8, 4) is 11.1 Å². The SMILES string of the molecule is CC(C)Cc1cc2c(-c3ccccc3C(C)C)c(C(C)C)ccc2[cH-]1.[Cl][Zr][Cl]. The Kier molecular flexibility index (Phi) is 9.39. The molecule has 0 saturated carbocycles. The van der Waals surface area contributed by atoms with E-state index in [0.29, 0.717) is 17.8 Å². The van der Waals surface area contributed by atoms with Crippen LogP contribution in [0.2, 0.25) is 0 Å². The van der Waals surface area contributed by atoms with Crippen LogP contribution in [0.25, 0.3) is 21.9 Å². The van der Waals surface area contributed by atoms with Crippen LogP contribution in [0.4, 0.5) is 0 Å². The standard InChI is InChI=1S/C25H31.2ClH.Zr/c1-16(2)13-19-14-20-11-12-22(18(5)6)25(24(20)15-19)23-10-8-7-9-21(23)17(3)4;;;/h7-12,14-18H,13H2,1-6H3;2*1H;/q-1;;;+2/p-2. The Morgan fingerprint density at radius 2 is 1.46 bits per heavy atom. The third-order valence-electron chi connectivity index (χ3n) is 5.10. The molecule has 3 heteroatoms. The van der Waals surface area contributed by atoms with E-state index in [-0.39, 0.29) is 0 Å². The van der Waals surface area contributed by atoms with Crippen molar-refractivity contribution < 1.29 is 20.8 Å². The first-order valence-electron chi connectivity index (χ1n) is 10.1. The summed E-state index contributed by atoms with van der Waals surface area (Å²) in [5.41, 5.74) is 7.24. The second-order valence-electron chi connectivity index (χ2n) is 8.46. The molecule has 0 bridgehead atoms. The Morgan fingerprint density at radius 1 is 0.857 bits per heavy atom. The van der Waals surface area contributed by atoms with Gasteiger partial charge in [0.1, 0.15) is 0 Å². The van der Waals surface area contributed by atoms with Gasteiger partial charge < -0.3 is 0 Å². The van der Waals surface area contributed by atoms with Gasteiger partial charge in [-0.05, 0) is 35.3 Å². The van der Waals surface area contributed by atoms with Gasteiger partial charge >= 0.3 is 37.9 Å². The molecule has 0 saturated heterocycles. The van der Waals surface area contributed by atoms with E-state index < -0.39 is 20.8 Å². The molecule has 0 aromatic heterocycles. The van der Waals surface area contributed by atoms with Crippen molar-refractivity contribution in [1.82, 2.24) is 0 Å². The zero-order valence-electron chi connectivity index (χ0n) is 17.8. The second-order valence-corrected chi connectivity index (χ2v) is 12.2. The summed E-state index contributed by atoms with van der Waals surface area (Å²) >= 11 is -0.826. The van der Waals surface area contributed by atoms with E-state index in [2.05, 4.69) is 90.1 Å². The molecule has 0 radical (unpaired) electrons. The molecule has 0 heterocycles. The summed E-state index contributed by atoms with van der Waals surface area (Å²) in [7, 11) is 9.87. The summed E-state index contributed by atoms with van der Waals surface area (Å²) in [6.45, 7) is 13.8. The fourth-order valence-corrected chi connectivity index (χ4v) is 3.96. The number of hydrogen-bond acceptors (Lipinski definition) is 0. The topological polar surface area (TPSA) is 0 Å². The van der Waals surface area contributed by atoms with Gasteiger partial charge in [-0.25, -0.2) is 0 Å². The average molecular weight is 494 g/mol. The zero-order valence-corrected chi connectivity index (χ0v) is 21.8. The Bertz CT molecular complexity index is 891. The van der Waals surface area contributed by atoms with Crippen molar-refractivity contribution in [3.05, 3.63) is 65.2 Å². The molecule has 0 aliphatic rings. The van der Waals surface area contributed by atoms with E-state index in [9.17, 15) is 0 Å². The molecule has 28 heavy (non-hydrogen) atoms. The van der Waals surface area contributed by atoms with Crippen molar-refractivity contribution in [3.63, 3.8) is 0 Å². The summed E-state index contributed by atoms with van der Waals surface area (Å²) < 4.78 is 0. The molecule has 0 atom stereocenters. The quantitative estimate of drug-likeness (QED) is 0.311. The summed E-state index contributed by atoms with van der Waals surface area (Å²) in [6.07, 6.45) is 1.15. The monoisotopic (exact) mass is 491 g/mol. The predicted octanol–water partition coefficient (Wildman–Crippen LogP) is 9.05. The fourth-order valence-electron chi connectivity index (χ4n) is 3.96. The van der Waals surface area contributed by atoms with Crippen LogP contribution in [-0.4, -0.2) is 0 Å². The summed E-state index contributed by atoms with van der Waals surface area (Å²) in [5, 5.41) is 2.81. The van der Waals surface area contributed by atoms with Gasteiger partial charge in [-0.1, -0.05) is 76.9 Å². The number of rotatable bonds is 5. The zero-order chi connectivity index (χ0) is 20.8. The van der Waals surface area contributed by atoms with Crippen molar-refractivity contribution in [1.29, 1.82) is 0 Å². The maximum atomic E-state index is 4.93. The summed E-state index contributed by atoms with van der Waals surface area (Å²) in [6, 6.07) is 18.4. The third-order valence-corrected chi connectivity index (χ3v) is 5.10. The minimum atomic E-state index is -0.826. The van der Waals surface area contributed by atoms with Crippen LogP contribution in [0, 0.1) is 5.92 Å². The predicted molar refractivity (Wildman–Crippen MR) is 123 cm³/mol. The van der Waals surface area contributed by atoms with Crippen molar-refractivity contribution in [2.75, 3.05) is 0 Å². The molecular weight excluding hydrogens is 462 g/mol. The van der Waals surface area contributed by atoms with E-state index in [1.165, 1.54) is 38.6 Å². The molecule has 0 fully saturated rings. The Hall–Kier alpha value is -0.487. The van der Waals surface area contributed by atoms with Crippen molar-refractivity contribution >= 4 is 27.8 Å². The molecule has 0 amide bonds. The first-order chi connectivity index (χ1) is 13.3. The minimum absolute atomic E-state index is 0.517. The Morgan fingerprint density at radius 3 is 2.04 bits per heavy atom. The number of benzene rings is 2. The van der Waals surface area contributed by atoms with E-state index in [1.54, 1.807) is 0 Å². The van der Waals surface area contributed by atoms with Gasteiger partial charge in [0.2, 0.25) is 0 Å². The Balaban J connectivity index is 0.000000878. The second kappa shape index (κ2) is 11.1. The Labute approximate surface area is 189 Å². The molecule has 0 N–H and O–H groups in total. The molecule has 0 unspecified atom stereocenters. The van der Waals surface area contributed by atoms with Crippen molar-refractivity contribution in [2.24, 2.45) is 5.92 Å². The molecular formula is C25H31Cl2Zr-. The molecule has 0 aliphatic carbocycles. The number of halogens is 2. The van der Waals surface area contributed by atoms with Gasteiger partial charge in [-0.3, -0.25) is 0 Å². The number of fused-ring (bicyclic) bond motifs is 1. The fraction of sp³-hybridized carbons (Fsp3) is 0.400. The van der Waals surface area contributed by atoms with Crippen LogP contribution in [0.5, 0.6) is 0 Å².